The van der Waals surface area contributed by atoms with Gasteiger partial charge >= 0.3 is 5.97 Å². The van der Waals surface area contributed by atoms with E-state index in [9.17, 15) is 14.7 Å². The Balaban J connectivity index is 1.44. The molecule has 0 aliphatic heterocycles. The highest BCUT2D eigenvalue weighted by Crippen LogP contribution is 2.35. The Bertz CT molecular complexity index is 1750. The number of halogens is 2. The third-order valence-electron chi connectivity index (χ3n) is 6.45. The molecule has 194 valence electrons. The van der Waals surface area contributed by atoms with Crippen LogP contribution in [0.4, 0.5) is 0 Å². The Morgan fingerprint density at radius 2 is 2.00 bits per heavy atom. The van der Waals surface area contributed by atoms with Crippen molar-refractivity contribution in [3.05, 3.63) is 92.7 Å². The average Bonchev–Trinajstić information content (AvgIpc) is 3.45. The first-order valence-electron chi connectivity index (χ1n) is 11.7. The van der Waals surface area contributed by atoms with Crippen LogP contribution in [-0.4, -0.2) is 25.8 Å². The number of carboxylic acid groups (broad SMARTS) is 1. The number of fused-ring (bicyclic) bond motifs is 1. The fourth-order valence-corrected chi connectivity index (χ4v) is 4.93. The third kappa shape index (κ3) is 4.57. The summed E-state index contributed by atoms with van der Waals surface area (Å²) >= 11 is 12.6. The maximum absolute atomic E-state index is 12.0. The number of aromatic carboxylic acids is 1. The number of nitrogens with one attached hydrogen (secondary N) is 1. The molecule has 2 aromatic carbocycles. The number of hydrogen-bond donors (Lipinski definition) is 2. The quantitative estimate of drug-likeness (QED) is 0.217. The number of aromatic amines is 1. The highest BCUT2D eigenvalue weighted by molar-refractivity contribution is 6.33. The molecule has 0 spiro atoms. The van der Waals surface area contributed by atoms with Crippen LogP contribution in [0.5, 0.6) is 5.75 Å². The molecule has 0 amide bonds. The van der Waals surface area contributed by atoms with E-state index in [1.54, 1.807) is 19.2 Å². The van der Waals surface area contributed by atoms with Crippen LogP contribution in [0.15, 0.2) is 64.2 Å². The van der Waals surface area contributed by atoms with E-state index in [0.29, 0.717) is 33.7 Å². The van der Waals surface area contributed by atoms with Crippen LogP contribution in [0.25, 0.3) is 33.3 Å². The van der Waals surface area contributed by atoms with E-state index in [-0.39, 0.29) is 17.2 Å². The lowest BCUT2D eigenvalue weighted by molar-refractivity contribution is 0.0699. The third-order valence-corrected chi connectivity index (χ3v) is 7.02. The van der Waals surface area contributed by atoms with Gasteiger partial charge in [0.1, 0.15) is 23.1 Å². The van der Waals surface area contributed by atoms with Gasteiger partial charge in [-0.25, -0.2) is 4.79 Å². The van der Waals surface area contributed by atoms with Crippen molar-refractivity contribution in [3.63, 3.8) is 0 Å². The summed E-state index contributed by atoms with van der Waals surface area (Å²) in [5, 5.41) is 13.8. The summed E-state index contributed by atoms with van der Waals surface area (Å²) in [4.78, 5) is 26.1. The summed E-state index contributed by atoms with van der Waals surface area (Å²) in [5.41, 5.74) is 5.03. The lowest BCUT2D eigenvalue weighted by Crippen LogP contribution is -2.07. The van der Waals surface area contributed by atoms with Crippen LogP contribution < -0.4 is 10.3 Å². The minimum atomic E-state index is -0.954. The molecule has 0 aliphatic carbocycles. The van der Waals surface area contributed by atoms with Gasteiger partial charge in [-0.1, -0.05) is 35.0 Å². The Kier molecular flexibility index (Phi) is 6.77. The highest BCUT2D eigenvalue weighted by atomic mass is 35.5. The van der Waals surface area contributed by atoms with Gasteiger partial charge in [0.25, 0.3) is 5.56 Å². The van der Waals surface area contributed by atoms with Crippen LogP contribution in [0, 0.1) is 6.92 Å². The zero-order chi connectivity index (χ0) is 27.1. The fourth-order valence-electron chi connectivity index (χ4n) is 4.56. The second-order valence-electron chi connectivity index (χ2n) is 8.98. The molecular weight excluding hydrogens is 529 g/mol. The number of aromatic nitrogens is 3. The smallest absolute Gasteiger partial charge is 0.337 e. The first-order chi connectivity index (χ1) is 18.2. The van der Waals surface area contributed by atoms with Crippen molar-refractivity contribution in [2.24, 2.45) is 7.05 Å². The second kappa shape index (κ2) is 10.0. The summed E-state index contributed by atoms with van der Waals surface area (Å²) in [7, 11) is 1.83. The van der Waals surface area contributed by atoms with E-state index in [0.717, 1.165) is 22.2 Å². The van der Waals surface area contributed by atoms with Gasteiger partial charge in [-0.15, -0.1) is 11.6 Å². The van der Waals surface area contributed by atoms with Gasteiger partial charge in [0, 0.05) is 35.9 Å². The highest BCUT2D eigenvalue weighted by Gasteiger charge is 2.24. The fraction of sp³-hybridized carbons (Fsp3) is 0.179. The number of hydrogen-bond acceptors (Lipinski definition) is 5. The number of aryl methyl sites for hydroxylation is 2. The minimum absolute atomic E-state index is 0.00156. The van der Waals surface area contributed by atoms with Gasteiger partial charge in [-0.3, -0.25) is 4.79 Å². The van der Waals surface area contributed by atoms with E-state index < -0.39 is 16.9 Å². The molecule has 1 unspecified atom stereocenters. The van der Waals surface area contributed by atoms with Crippen molar-refractivity contribution >= 4 is 40.1 Å². The Hall–Kier alpha value is -4.01. The number of carbonyl (C=O) groups is 1. The predicted molar refractivity (Wildman–Crippen MR) is 146 cm³/mol. The van der Waals surface area contributed by atoms with Gasteiger partial charge in [0.15, 0.2) is 5.76 Å². The Morgan fingerprint density at radius 1 is 1.21 bits per heavy atom. The van der Waals surface area contributed by atoms with Gasteiger partial charge in [-0.05, 0) is 54.8 Å². The summed E-state index contributed by atoms with van der Waals surface area (Å²) in [6.45, 7) is 3.84. The Morgan fingerprint density at radius 3 is 2.71 bits per heavy atom. The van der Waals surface area contributed by atoms with E-state index in [4.69, 9.17) is 32.5 Å². The van der Waals surface area contributed by atoms with Crippen molar-refractivity contribution in [2.75, 3.05) is 0 Å². The number of pyridine rings is 1. The molecule has 0 saturated carbocycles. The molecule has 0 saturated heterocycles. The molecule has 3 aromatic heterocycles. The van der Waals surface area contributed by atoms with Crippen molar-refractivity contribution in [1.29, 1.82) is 0 Å². The Labute approximate surface area is 227 Å². The monoisotopic (exact) mass is 551 g/mol. The van der Waals surface area contributed by atoms with Crippen LogP contribution in [-0.2, 0) is 13.7 Å². The van der Waals surface area contributed by atoms with Crippen molar-refractivity contribution in [2.45, 2.75) is 25.8 Å². The first kappa shape index (κ1) is 25.6. The normalized spacial score (nSPS) is 12.1. The van der Waals surface area contributed by atoms with Gasteiger partial charge in [-0.2, -0.15) is 0 Å². The van der Waals surface area contributed by atoms with E-state index >= 15 is 0 Å². The van der Waals surface area contributed by atoms with Crippen LogP contribution >= 0.6 is 23.2 Å². The summed E-state index contributed by atoms with van der Waals surface area (Å²) in [5.74, 6) is 0.102. The summed E-state index contributed by atoms with van der Waals surface area (Å²) in [6.07, 6.45) is 3.11. The molecule has 0 bridgehead atoms. The molecule has 10 heteroatoms. The zero-order valence-electron chi connectivity index (χ0n) is 20.7. The minimum Gasteiger partial charge on any atom is -0.489 e. The number of H-pyrrole nitrogens is 1. The molecule has 5 rings (SSSR count). The molecule has 1 atom stereocenters. The maximum Gasteiger partial charge on any atom is 0.337 e. The number of rotatable bonds is 7. The number of ether oxygens (including phenoxy) is 1. The van der Waals surface area contributed by atoms with Crippen LogP contribution in [0.2, 0.25) is 5.02 Å². The topological polar surface area (TPSA) is 110 Å². The lowest BCUT2D eigenvalue weighted by atomic mass is 9.99. The number of nitrogens with zero attached hydrogens (tertiary/aromatic N) is 2. The van der Waals surface area contributed by atoms with Crippen LogP contribution in [0.3, 0.4) is 0 Å². The van der Waals surface area contributed by atoms with E-state index in [1.807, 2.05) is 54.9 Å². The molecule has 3 heterocycles. The molecule has 0 radical (unpaired) electrons. The number of alkyl halides is 1. The van der Waals surface area contributed by atoms with Crippen LogP contribution in [0.1, 0.15) is 39.5 Å². The summed E-state index contributed by atoms with van der Waals surface area (Å²) < 4.78 is 13.4. The first-order valence-corrected chi connectivity index (χ1v) is 12.5. The average molecular weight is 552 g/mol. The molecule has 38 heavy (non-hydrogen) atoms. The van der Waals surface area contributed by atoms with E-state index in [1.165, 1.54) is 6.20 Å². The van der Waals surface area contributed by atoms with Gasteiger partial charge in [0.2, 0.25) is 0 Å². The van der Waals surface area contributed by atoms with Crippen molar-refractivity contribution < 1.29 is 19.2 Å². The standard InChI is InChI=1S/C28H23Cl2N3O5/c1-14-10-17(5-7-18(14)16-4-6-19-21(28(35)36)12-33(3)23(19)11-16)37-13-22-25(32-38-26(22)15(2)29)20-8-9-31-27(34)24(20)30/h4-12,15H,13H2,1-3H3,(H,31,34)(H,35,36). The predicted octanol–water partition coefficient (Wildman–Crippen LogP) is 6.73. The van der Waals surface area contributed by atoms with E-state index in [2.05, 4.69) is 10.1 Å². The molecule has 5 aromatic rings. The van der Waals surface area contributed by atoms with Crippen molar-refractivity contribution in [3.8, 4) is 28.1 Å². The maximum atomic E-state index is 12.0. The molecule has 8 nitrogen and oxygen atoms in total. The molecule has 0 fully saturated rings. The molecular formula is C28H23Cl2N3O5. The molecule has 0 aliphatic rings. The zero-order valence-corrected chi connectivity index (χ0v) is 22.2. The van der Waals surface area contributed by atoms with Crippen molar-refractivity contribution in [1.82, 2.24) is 14.7 Å². The largest absolute Gasteiger partial charge is 0.489 e. The van der Waals surface area contributed by atoms with Gasteiger partial charge < -0.3 is 23.9 Å². The molecule has 2 N–H and O–H groups in total. The second-order valence-corrected chi connectivity index (χ2v) is 10.0. The number of carboxylic acids is 1. The lowest BCUT2D eigenvalue weighted by Gasteiger charge is -2.12. The SMILES string of the molecule is Cc1cc(OCc2c(-c3cc[nH]c(=O)c3Cl)noc2C(C)Cl)ccc1-c1ccc2c(C(=O)O)cn(C)c2c1. The van der Waals surface area contributed by atoms with Gasteiger partial charge in [0.05, 0.1) is 16.5 Å². The number of benzene rings is 2. The summed E-state index contributed by atoms with van der Waals surface area (Å²) in [6, 6.07) is 13.1.